The Labute approximate surface area is 125 Å². The SMILES string of the molecule is c1csc(-c2nnc(Cn3cc(CNC4CC4)nn3)o2)c1. The highest BCUT2D eigenvalue weighted by molar-refractivity contribution is 7.13. The Morgan fingerprint density at radius 3 is 3.10 bits per heavy atom. The molecule has 0 atom stereocenters. The highest BCUT2D eigenvalue weighted by Gasteiger charge is 2.20. The Bertz CT molecular complexity index is 715. The molecule has 1 fully saturated rings. The monoisotopic (exact) mass is 302 g/mol. The second kappa shape index (κ2) is 5.38. The van der Waals surface area contributed by atoms with E-state index in [4.69, 9.17) is 4.42 Å². The number of hydrogen-bond donors (Lipinski definition) is 1. The summed E-state index contributed by atoms with van der Waals surface area (Å²) >= 11 is 1.58. The van der Waals surface area contributed by atoms with E-state index in [1.54, 1.807) is 16.0 Å². The predicted octanol–water partition coefficient (Wildman–Crippen LogP) is 1.69. The summed E-state index contributed by atoms with van der Waals surface area (Å²) in [5.41, 5.74) is 0.930. The number of thiophene rings is 1. The third kappa shape index (κ3) is 3.01. The summed E-state index contributed by atoms with van der Waals surface area (Å²) in [6.45, 7) is 1.20. The van der Waals surface area contributed by atoms with Crippen LogP contribution in [0.25, 0.3) is 10.8 Å². The third-order valence-electron chi connectivity index (χ3n) is 3.23. The molecular weight excluding hydrogens is 288 g/mol. The maximum atomic E-state index is 5.63. The first-order valence-electron chi connectivity index (χ1n) is 6.85. The molecular formula is C13H14N6OS. The van der Waals surface area contributed by atoms with Crippen LogP contribution in [0.1, 0.15) is 24.4 Å². The highest BCUT2D eigenvalue weighted by Crippen LogP contribution is 2.23. The molecule has 0 aliphatic heterocycles. The Hall–Kier alpha value is -2.06. The molecule has 0 radical (unpaired) electrons. The van der Waals surface area contributed by atoms with Gasteiger partial charge in [0, 0.05) is 12.6 Å². The second-order valence-corrected chi connectivity index (χ2v) is 5.99. The van der Waals surface area contributed by atoms with Crippen LogP contribution < -0.4 is 5.32 Å². The van der Waals surface area contributed by atoms with Crippen LogP contribution >= 0.6 is 11.3 Å². The zero-order valence-corrected chi connectivity index (χ0v) is 12.1. The van der Waals surface area contributed by atoms with Gasteiger partial charge in [0.05, 0.1) is 16.8 Å². The number of rotatable bonds is 6. The summed E-state index contributed by atoms with van der Waals surface area (Å²) < 4.78 is 7.35. The maximum Gasteiger partial charge on any atom is 0.257 e. The van der Waals surface area contributed by atoms with Crippen molar-refractivity contribution >= 4 is 11.3 Å². The van der Waals surface area contributed by atoms with Crippen molar-refractivity contribution in [1.82, 2.24) is 30.5 Å². The molecule has 3 heterocycles. The predicted molar refractivity (Wildman–Crippen MR) is 76.6 cm³/mol. The summed E-state index contributed by atoms with van der Waals surface area (Å²) in [6.07, 6.45) is 4.44. The first-order chi connectivity index (χ1) is 10.4. The van der Waals surface area contributed by atoms with E-state index in [0.29, 0.717) is 24.4 Å². The van der Waals surface area contributed by atoms with Crippen LogP contribution in [0, 0.1) is 0 Å². The molecule has 4 rings (SSSR count). The quantitative estimate of drug-likeness (QED) is 0.746. The molecule has 1 N–H and O–H groups in total. The molecule has 3 aromatic heterocycles. The topological polar surface area (TPSA) is 81.7 Å². The summed E-state index contributed by atoms with van der Waals surface area (Å²) in [4.78, 5) is 0.974. The van der Waals surface area contributed by atoms with E-state index in [2.05, 4.69) is 25.8 Å². The van der Waals surface area contributed by atoms with Crippen molar-refractivity contribution in [3.63, 3.8) is 0 Å². The van der Waals surface area contributed by atoms with E-state index in [0.717, 1.165) is 17.1 Å². The van der Waals surface area contributed by atoms with Gasteiger partial charge in [0.15, 0.2) is 0 Å². The van der Waals surface area contributed by atoms with Crippen molar-refractivity contribution in [1.29, 1.82) is 0 Å². The Kier molecular flexibility index (Phi) is 3.24. The summed E-state index contributed by atoms with van der Waals surface area (Å²) in [5, 5.41) is 21.7. The third-order valence-corrected chi connectivity index (χ3v) is 4.09. The van der Waals surface area contributed by atoms with Gasteiger partial charge in [-0.2, -0.15) is 0 Å². The molecule has 0 unspecified atom stereocenters. The lowest BCUT2D eigenvalue weighted by Crippen LogP contribution is -2.15. The van der Waals surface area contributed by atoms with E-state index in [-0.39, 0.29) is 0 Å². The van der Waals surface area contributed by atoms with E-state index in [1.165, 1.54) is 12.8 Å². The van der Waals surface area contributed by atoms with E-state index in [9.17, 15) is 0 Å². The van der Waals surface area contributed by atoms with Gasteiger partial charge in [-0.15, -0.1) is 26.6 Å². The standard InChI is InChI=1S/C13H14N6OS/c1-2-11(21-5-1)13-17-16-12(20-13)8-19-7-10(15-18-19)6-14-9-3-4-9/h1-2,5,7,9,14H,3-4,6,8H2. The van der Waals surface area contributed by atoms with Gasteiger partial charge in [0.25, 0.3) is 5.89 Å². The van der Waals surface area contributed by atoms with Gasteiger partial charge in [-0.25, -0.2) is 4.68 Å². The molecule has 0 bridgehead atoms. The van der Waals surface area contributed by atoms with E-state index >= 15 is 0 Å². The fourth-order valence-electron chi connectivity index (χ4n) is 1.99. The van der Waals surface area contributed by atoms with Crippen LogP contribution in [-0.4, -0.2) is 31.2 Å². The van der Waals surface area contributed by atoms with Gasteiger partial charge in [-0.1, -0.05) is 11.3 Å². The number of nitrogens with zero attached hydrogens (tertiary/aromatic N) is 5. The molecule has 1 aliphatic carbocycles. The van der Waals surface area contributed by atoms with E-state index in [1.807, 2.05) is 23.7 Å². The molecule has 3 aromatic rings. The first kappa shape index (κ1) is 12.7. The largest absolute Gasteiger partial charge is 0.418 e. The minimum absolute atomic E-state index is 0.439. The summed E-state index contributed by atoms with van der Waals surface area (Å²) in [6, 6.07) is 4.58. The molecule has 1 saturated carbocycles. The van der Waals surface area contributed by atoms with Crippen LogP contribution in [-0.2, 0) is 13.1 Å². The molecule has 108 valence electrons. The molecule has 0 amide bonds. The normalized spacial score (nSPS) is 14.7. The van der Waals surface area contributed by atoms with Crippen molar-refractivity contribution in [2.45, 2.75) is 32.0 Å². The fourth-order valence-corrected chi connectivity index (χ4v) is 2.63. The Balaban J connectivity index is 1.41. The Morgan fingerprint density at radius 2 is 2.29 bits per heavy atom. The van der Waals surface area contributed by atoms with Gasteiger partial charge >= 0.3 is 0 Å². The zero-order chi connectivity index (χ0) is 14.1. The van der Waals surface area contributed by atoms with Crippen LogP contribution in [0.5, 0.6) is 0 Å². The Morgan fingerprint density at radius 1 is 1.33 bits per heavy atom. The lowest BCUT2D eigenvalue weighted by atomic mass is 10.4. The van der Waals surface area contributed by atoms with Crippen LogP contribution in [0.3, 0.4) is 0 Å². The number of hydrogen-bond acceptors (Lipinski definition) is 7. The molecule has 0 aromatic carbocycles. The van der Waals surface area contributed by atoms with Gasteiger partial charge in [0.2, 0.25) is 5.89 Å². The summed E-state index contributed by atoms with van der Waals surface area (Å²) in [7, 11) is 0. The lowest BCUT2D eigenvalue weighted by Gasteiger charge is -1.96. The number of nitrogens with one attached hydrogen (secondary N) is 1. The lowest BCUT2D eigenvalue weighted by molar-refractivity contribution is 0.470. The maximum absolute atomic E-state index is 5.63. The van der Waals surface area contributed by atoms with E-state index < -0.39 is 0 Å². The fraction of sp³-hybridized carbons (Fsp3) is 0.385. The van der Waals surface area contributed by atoms with Crippen LogP contribution in [0.4, 0.5) is 0 Å². The highest BCUT2D eigenvalue weighted by atomic mass is 32.1. The van der Waals surface area contributed by atoms with Crippen molar-refractivity contribution < 1.29 is 4.42 Å². The molecule has 0 spiro atoms. The molecule has 1 aliphatic rings. The summed E-state index contributed by atoms with van der Waals surface area (Å²) in [5.74, 6) is 1.08. The number of aromatic nitrogens is 5. The molecule has 0 saturated heterocycles. The van der Waals surface area contributed by atoms with Gasteiger partial charge in [-0.3, -0.25) is 0 Å². The average Bonchev–Trinajstić information content (AvgIpc) is 2.93. The van der Waals surface area contributed by atoms with Gasteiger partial charge in [0.1, 0.15) is 6.54 Å². The zero-order valence-electron chi connectivity index (χ0n) is 11.3. The second-order valence-electron chi connectivity index (χ2n) is 5.04. The van der Waals surface area contributed by atoms with Crippen molar-refractivity contribution in [2.24, 2.45) is 0 Å². The van der Waals surface area contributed by atoms with Crippen LogP contribution in [0.15, 0.2) is 28.1 Å². The van der Waals surface area contributed by atoms with Crippen LogP contribution in [0.2, 0.25) is 0 Å². The van der Waals surface area contributed by atoms with Crippen molar-refractivity contribution in [3.05, 3.63) is 35.3 Å². The molecule has 21 heavy (non-hydrogen) atoms. The first-order valence-corrected chi connectivity index (χ1v) is 7.73. The minimum Gasteiger partial charge on any atom is -0.418 e. The molecule has 8 heteroatoms. The van der Waals surface area contributed by atoms with Crippen molar-refractivity contribution in [3.8, 4) is 10.8 Å². The van der Waals surface area contributed by atoms with Gasteiger partial charge in [-0.05, 0) is 24.3 Å². The van der Waals surface area contributed by atoms with Crippen molar-refractivity contribution in [2.75, 3.05) is 0 Å². The average molecular weight is 302 g/mol. The smallest absolute Gasteiger partial charge is 0.257 e. The van der Waals surface area contributed by atoms with Gasteiger partial charge < -0.3 is 9.73 Å². The minimum atomic E-state index is 0.439. The molecule has 7 nitrogen and oxygen atoms in total.